The molecule has 222 valence electrons. The number of hydrogen-bond acceptors (Lipinski definition) is 6. The Kier molecular flexibility index (Phi) is 11.7. The molecule has 0 saturated heterocycles. The molecule has 10 nitrogen and oxygen atoms in total. The SMILES string of the molecule is CC(C)C[C@H]1NC(=O)CC[C@@H](C(=O)NC[C@@H](O)c2ccccc2)NC(=O)c2ccccc2OC[C@H](C(C)C)NC1=O. The van der Waals surface area contributed by atoms with Crippen LogP contribution in [0.15, 0.2) is 54.6 Å². The van der Waals surface area contributed by atoms with Crippen molar-refractivity contribution in [2.45, 2.75) is 71.2 Å². The molecule has 1 aliphatic rings. The molecule has 2 aromatic rings. The van der Waals surface area contributed by atoms with Crippen molar-refractivity contribution in [3.05, 3.63) is 65.7 Å². The van der Waals surface area contributed by atoms with E-state index in [1.807, 2.05) is 33.8 Å². The molecular formula is C31H42N4O6. The summed E-state index contributed by atoms with van der Waals surface area (Å²) in [7, 11) is 0. The summed E-state index contributed by atoms with van der Waals surface area (Å²) in [5.74, 6) is -1.33. The fourth-order valence-corrected chi connectivity index (χ4v) is 4.51. The zero-order chi connectivity index (χ0) is 29.9. The van der Waals surface area contributed by atoms with E-state index in [0.717, 1.165) is 0 Å². The van der Waals surface area contributed by atoms with Crippen LogP contribution in [0.4, 0.5) is 0 Å². The molecule has 3 rings (SSSR count). The highest BCUT2D eigenvalue weighted by Gasteiger charge is 2.29. The molecule has 5 N–H and O–H groups in total. The maximum absolute atomic E-state index is 13.3. The zero-order valence-corrected chi connectivity index (χ0v) is 24.2. The number of hydrogen-bond donors (Lipinski definition) is 5. The Labute approximate surface area is 241 Å². The fourth-order valence-electron chi connectivity index (χ4n) is 4.51. The Bertz CT molecular complexity index is 1190. The van der Waals surface area contributed by atoms with Crippen molar-refractivity contribution in [1.29, 1.82) is 0 Å². The predicted molar refractivity (Wildman–Crippen MR) is 155 cm³/mol. The van der Waals surface area contributed by atoms with Crippen LogP contribution >= 0.6 is 0 Å². The second-order valence-electron chi connectivity index (χ2n) is 11.2. The Morgan fingerprint density at radius 3 is 2.34 bits per heavy atom. The summed E-state index contributed by atoms with van der Waals surface area (Å²) in [6, 6.07) is 13.4. The van der Waals surface area contributed by atoms with Gasteiger partial charge in [0.25, 0.3) is 5.91 Å². The summed E-state index contributed by atoms with van der Waals surface area (Å²) < 4.78 is 6.02. The average Bonchev–Trinajstić information content (AvgIpc) is 2.95. The summed E-state index contributed by atoms with van der Waals surface area (Å²) in [4.78, 5) is 52.8. The fraction of sp³-hybridized carbons (Fsp3) is 0.484. The molecule has 4 atom stereocenters. The van der Waals surface area contributed by atoms with Gasteiger partial charge in [-0.3, -0.25) is 19.2 Å². The van der Waals surface area contributed by atoms with Crippen molar-refractivity contribution in [3.63, 3.8) is 0 Å². The predicted octanol–water partition coefficient (Wildman–Crippen LogP) is 2.48. The molecule has 1 aliphatic heterocycles. The van der Waals surface area contributed by atoms with E-state index in [4.69, 9.17) is 4.74 Å². The molecule has 4 amide bonds. The zero-order valence-electron chi connectivity index (χ0n) is 24.2. The van der Waals surface area contributed by atoms with Crippen molar-refractivity contribution in [3.8, 4) is 5.75 Å². The van der Waals surface area contributed by atoms with Gasteiger partial charge in [0.15, 0.2) is 0 Å². The van der Waals surface area contributed by atoms with Crippen molar-refractivity contribution < 1.29 is 29.0 Å². The van der Waals surface area contributed by atoms with Crippen molar-refractivity contribution in [1.82, 2.24) is 21.3 Å². The first-order valence-corrected chi connectivity index (χ1v) is 14.2. The maximum atomic E-state index is 13.3. The number of nitrogens with one attached hydrogen (secondary N) is 4. The molecule has 10 heteroatoms. The van der Waals surface area contributed by atoms with Gasteiger partial charge in [0.05, 0.1) is 17.7 Å². The number of carbonyl (C=O) groups is 4. The van der Waals surface area contributed by atoms with Crippen LogP contribution in [0.1, 0.15) is 69.0 Å². The first-order valence-electron chi connectivity index (χ1n) is 14.2. The highest BCUT2D eigenvalue weighted by molar-refractivity contribution is 5.99. The Hall–Kier alpha value is -3.92. The van der Waals surface area contributed by atoms with Gasteiger partial charge in [-0.25, -0.2) is 0 Å². The second kappa shape index (κ2) is 15.2. The van der Waals surface area contributed by atoms with Crippen molar-refractivity contribution in [2.75, 3.05) is 13.2 Å². The van der Waals surface area contributed by atoms with E-state index in [1.165, 1.54) is 0 Å². The molecular weight excluding hydrogens is 524 g/mol. The van der Waals surface area contributed by atoms with Crippen LogP contribution in [-0.2, 0) is 14.4 Å². The van der Waals surface area contributed by atoms with Crippen LogP contribution in [0.25, 0.3) is 0 Å². The first-order chi connectivity index (χ1) is 19.5. The van der Waals surface area contributed by atoms with Gasteiger partial charge >= 0.3 is 0 Å². The van der Waals surface area contributed by atoms with Crippen LogP contribution in [0.5, 0.6) is 5.75 Å². The van der Waals surface area contributed by atoms with E-state index in [9.17, 15) is 24.3 Å². The number of rotatable bonds is 7. The van der Waals surface area contributed by atoms with Gasteiger partial charge in [0.1, 0.15) is 24.4 Å². The van der Waals surface area contributed by atoms with E-state index < -0.39 is 35.9 Å². The highest BCUT2D eigenvalue weighted by atomic mass is 16.5. The maximum Gasteiger partial charge on any atom is 0.255 e. The quantitative estimate of drug-likeness (QED) is 0.348. The number of fused-ring (bicyclic) bond motifs is 1. The van der Waals surface area contributed by atoms with Crippen LogP contribution in [0.3, 0.4) is 0 Å². The van der Waals surface area contributed by atoms with Gasteiger partial charge < -0.3 is 31.1 Å². The lowest BCUT2D eigenvalue weighted by Crippen LogP contribution is -2.53. The Morgan fingerprint density at radius 1 is 0.976 bits per heavy atom. The number of benzene rings is 2. The monoisotopic (exact) mass is 566 g/mol. The van der Waals surface area contributed by atoms with Crippen LogP contribution < -0.4 is 26.0 Å². The molecule has 0 radical (unpaired) electrons. The Balaban J connectivity index is 1.86. The van der Waals surface area contributed by atoms with Crippen LogP contribution in [-0.4, -0.2) is 60.0 Å². The van der Waals surface area contributed by atoms with Crippen LogP contribution in [0.2, 0.25) is 0 Å². The van der Waals surface area contributed by atoms with E-state index in [2.05, 4.69) is 21.3 Å². The molecule has 2 aromatic carbocycles. The number of para-hydroxylation sites is 1. The molecule has 0 bridgehead atoms. The van der Waals surface area contributed by atoms with E-state index in [0.29, 0.717) is 17.7 Å². The number of ether oxygens (including phenoxy) is 1. The van der Waals surface area contributed by atoms with Gasteiger partial charge in [0.2, 0.25) is 17.7 Å². The largest absolute Gasteiger partial charge is 0.491 e. The number of carbonyl (C=O) groups excluding carboxylic acids is 4. The smallest absolute Gasteiger partial charge is 0.255 e. The highest BCUT2D eigenvalue weighted by Crippen LogP contribution is 2.20. The number of aliphatic hydroxyl groups excluding tert-OH is 1. The third-order valence-corrected chi connectivity index (χ3v) is 6.98. The van der Waals surface area contributed by atoms with Gasteiger partial charge in [-0.05, 0) is 42.4 Å². The summed E-state index contributed by atoms with van der Waals surface area (Å²) in [6.07, 6.45) is -0.629. The topological polar surface area (TPSA) is 146 Å². The minimum atomic E-state index is -1.07. The molecule has 0 aromatic heterocycles. The van der Waals surface area contributed by atoms with Crippen molar-refractivity contribution in [2.24, 2.45) is 11.8 Å². The molecule has 41 heavy (non-hydrogen) atoms. The normalized spacial score (nSPS) is 21.3. The third-order valence-electron chi connectivity index (χ3n) is 6.98. The lowest BCUT2D eigenvalue weighted by Gasteiger charge is -2.27. The minimum Gasteiger partial charge on any atom is -0.491 e. The van der Waals surface area contributed by atoms with Crippen LogP contribution in [0, 0.1) is 11.8 Å². The van der Waals surface area contributed by atoms with Crippen molar-refractivity contribution >= 4 is 23.6 Å². The summed E-state index contributed by atoms with van der Waals surface area (Å²) in [6.45, 7) is 7.87. The summed E-state index contributed by atoms with van der Waals surface area (Å²) in [5.41, 5.74) is 0.860. The van der Waals surface area contributed by atoms with Gasteiger partial charge in [0, 0.05) is 13.0 Å². The van der Waals surface area contributed by atoms with E-state index in [1.54, 1.807) is 48.5 Å². The molecule has 1 heterocycles. The van der Waals surface area contributed by atoms with Gasteiger partial charge in [-0.1, -0.05) is 70.2 Å². The summed E-state index contributed by atoms with van der Waals surface area (Å²) >= 11 is 0. The number of aliphatic hydroxyl groups is 1. The Morgan fingerprint density at radius 2 is 1.66 bits per heavy atom. The number of amides is 4. The minimum absolute atomic E-state index is 0.0154. The van der Waals surface area contributed by atoms with Gasteiger partial charge in [-0.15, -0.1) is 0 Å². The third kappa shape index (κ3) is 9.60. The lowest BCUT2D eigenvalue weighted by molar-refractivity contribution is -0.130. The molecule has 0 unspecified atom stereocenters. The molecule has 0 aliphatic carbocycles. The molecule has 0 spiro atoms. The van der Waals surface area contributed by atoms with E-state index >= 15 is 0 Å². The first kappa shape index (κ1) is 31.6. The van der Waals surface area contributed by atoms with Gasteiger partial charge in [-0.2, -0.15) is 0 Å². The lowest BCUT2D eigenvalue weighted by atomic mass is 10.0. The summed E-state index contributed by atoms with van der Waals surface area (Å²) in [5, 5.41) is 21.7. The van der Waals surface area contributed by atoms with E-state index in [-0.39, 0.29) is 55.3 Å². The second-order valence-corrected chi connectivity index (χ2v) is 11.2. The molecule has 0 saturated carbocycles. The standard InChI is InChI=1S/C31H42N4O6/c1-19(2)16-24-31(40)35-25(20(3)4)18-41-27-13-9-8-12-22(27)29(38)34-23(14-15-28(37)33-24)30(39)32-17-26(36)21-10-6-5-7-11-21/h5-13,19-20,23-26,36H,14-18H2,1-4H3,(H,32,39)(H,33,37)(H,34,38)(H,35,40)/t23-,24+,25+,26+/m0/s1. The molecule has 0 fully saturated rings. The average molecular weight is 567 g/mol.